The summed E-state index contributed by atoms with van der Waals surface area (Å²) in [6.07, 6.45) is 5.85. The zero-order valence-electron chi connectivity index (χ0n) is 26.5. The molecule has 0 bridgehead atoms. The van der Waals surface area contributed by atoms with E-state index in [0.717, 1.165) is 50.4 Å². The molecule has 9 rings (SSSR count). The summed E-state index contributed by atoms with van der Waals surface area (Å²) in [4.78, 5) is 9.53. The Hall–Kier alpha value is -5.94. The van der Waals surface area contributed by atoms with Gasteiger partial charge in [0, 0.05) is 51.4 Å². The lowest BCUT2D eigenvalue weighted by Crippen LogP contribution is -2.11. The first-order valence-corrected chi connectivity index (χ1v) is 16.0. The van der Waals surface area contributed by atoms with Crippen LogP contribution < -0.4 is 4.74 Å². The van der Waals surface area contributed by atoms with Gasteiger partial charge in [0.2, 0.25) is 0 Å². The minimum atomic E-state index is 0.0456. The Morgan fingerprint density at radius 2 is 1.40 bits per heavy atom. The lowest BCUT2D eigenvalue weighted by atomic mass is 9.87. The highest BCUT2D eigenvalue weighted by Gasteiger charge is 2.19. The van der Waals surface area contributed by atoms with Gasteiger partial charge in [-0.15, -0.1) is 0 Å². The Morgan fingerprint density at radius 1 is 0.596 bits per heavy atom. The molecule has 0 aliphatic heterocycles. The van der Waals surface area contributed by atoms with E-state index in [-0.39, 0.29) is 5.41 Å². The normalized spacial score (nSPS) is 12.1. The van der Waals surface area contributed by atoms with Gasteiger partial charge in [0.25, 0.3) is 0 Å². The van der Waals surface area contributed by atoms with Crippen molar-refractivity contribution in [2.24, 2.45) is 0 Å². The molecule has 0 saturated carbocycles. The molecule has 0 saturated heterocycles. The molecule has 0 aliphatic carbocycles. The van der Waals surface area contributed by atoms with Gasteiger partial charge in [-0.05, 0) is 83.1 Å². The van der Waals surface area contributed by atoms with Crippen LogP contribution >= 0.6 is 0 Å². The van der Waals surface area contributed by atoms with Crippen LogP contribution in [-0.2, 0) is 5.41 Å². The molecule has 0 fully saturated rings. The van der Waals surface area contributed by atoms with E-state index in [0.29, 0.717) is 0 Å². The average molecular weight is 609 g/mol. The first-order chi connectivity index (χ1) is 22.9. The van der Waals surface area contributed by atoms with Gasteiger partial charge in [0.05, 0.1) is 22.2 Å². The number of aromatic nitrogens is 4. The van der Waals surface area contributed by atoms with E-state index in [2.05, 4.69) is 150 Å². The van der Waals surface area contributed by atoms with Crippen molar-refractivity contribution in [3.8, 4) is 28.4 Å². The van der Waals surface area contributed by atoms with Crippen molar-refractivity contribution in [1.82, 2.24) is 18.9 Å². The number of hydrogen-bond donors (Lipinski definition) is 0. The second kappa shape index (κ2) is 10.3. The summed E-state index contributed by atoms with van der Waals surface area (Å²) in [5.74, 6) is 1.53. The lowest BCUT2D eigenvalue weighted by molar-refractivity contribution is 0.483. The molecule has 0 atom stereocenters. The van der Waals surface area contributed by atoms with Gasteiger partial charge in [-0.25, -0.2) is 4.98 Å². The van der Waals surface area contributed by atoms with Crippen molar-refractivity contribution in [2.75, 3.05) is 0 Å². The van der Waals surface area contributed by atoms with Crippen molar-refractivity contribution in [3.05, 3.63) is 145 Å². The molecular weight excluding hydrogens is 576 g/mol. The second-order valence-electron chi connectivity index (χ2n) is 13.2. The summed E-state index contributed by atoms with van der Waals surface area (Å²) in [5.41, 5.74) is 8.80. The third-order valence-corrected chi connectivity index (χ3v) is 9.22. The smallest absolute Gasteiger partial charge is 0.145 e. The number of benzene rings is 5. The van der Waals surface area contributed by atoms with Gasteiger partial charge in [-0.2, -0.15) is 0 Å². The van der Waals surface area contributed by atoms with Crippen molar-refractivity contribution >= 4 is 49.1 Å². The quantitative estimate of drug-likeness (QED) is 0.187. The molecule has 0 radical (unpaired) electrons. The van der Waals surface area contributed by atoms with E-state index in [1.54, 1.807) is 0 Å². The molecule has 4 heterocycles. The number of para-hydroxylation sites is 2. The molecule has 0 aliphatic rings. The van der Waals surface area contributed by atoms with Gasteiger partial charge < -0.3 is 9.30 Å². The molecular formula is C42H32N4O. The van der Waals surface area contributed by atoms with E-state index >= 15 is 0 Å². The van der Waals surface area contributed by atoms with Crippen LogP contribution in [0.25, 0.3) is 66.1 Å². The number of pyridine rings is 2. The van der Waals surface area contributed by atoms with E-state index in [9.17, 15) is 0 Å². The Morgan fingerprint density at radius 3 is 2.28 bits per heavy atom. The fourth-order valence-corrected chi connectivity index (χ4v) is 6.96. The summed E-state index contributed by atoms with van der Waals surface area (Å²) in [6.45, 7) is 6.66. The van der Waals surface area contributed by atoms with Gasteiger partial charge in [0.15, 0.2) is 0 Å². The van der Waals surface area contributed by atoms with Gasteiger partial charge in [-0.3, -0.25) is 9.38 Å². The van der Waals surface area contributed by atoms with Crippen LogP contribution in [-0.4, -0.2) is 18.9 Å². The van der Waals surface area contributed by atoms with Crippen LogP contribution in [0, 0.1) is 0 Å². The van der Waals surface area contributed by atoms with Crippen LogP contribution in [0.4, 0.5) is 0 Å². The molecule has 0 spiro atoms. The zero-order valence-corrected chi connectivity index (χ0v) is 26.5. The van der Waals surface area contributed by atoms with E-state index in [4.69, 9.17) is 9.72 Å². The van der Waals surface area contributed by atoms with Crippen LogP contribution in [0.1, 0.15) is 26.3 Å². The maximum Gasteiger partial charge on any atom is 0.145 e. The van der Waals surface area contributed by atoms with Crippen molar-refractivity contribution in [3.63, 3.8) is 0 Å². The zero-order chi connectivity index (χ0) is 31.7. The summed E-state index contributed by atoms with van der Waals surface area (Å²) in [6, 6.07) is 42.5. The molecule has 0 N–H and O–H groups in total. The Balaban J connectivity index is 1.20. The predicted molar refractivity (Wildman–Crippen MR) is 193 cm³/mol. The molecule has 5 aromatic carbocycles. The minimum absolute atomic E-state index is 0.0456. The number of fused-ring (bicyclic) bond motifs is 10. The number of ether oxygens (including phenoxy) is 1. The first-order valence-electron chi connectivity index (χ1n) is 16.0. The van der Waals surface area contributed by atoms with Gasteiger partial charge in [0.1, 0.15) is 17.1 Å². The highest BCUT2D eigenvalue weighted by Crippen LogP contribution is 2.41. The Bertz CT molecular complexity index is 2640. The molecule has 47 heavy (non-hydrogen) atoms. The molecule has 5 nitrogen and oxygen atoms in total. The number of hydrogen-bond acceptors (Lipinski definition) is 3. The molecule has 5 heteroatoms. The van der Waals surface area contributed by atoms with Crippen LogP contribution in [0.3, 0.4) is 0 Å². The topological polar surface area (TPSA) is 44.4 Å². The number of imidazole rings is 1. The molecule has 0 unspecified atom stereocenters. The maximum absolute atomic E-state index is 6.50. The first kappa shape index (κ1) is 27.4. The lowest BCUT2D eigenvalue weighted by Gasteiger charge is -2.19. The van der Waals surface area contributed by atoms with Crippen LogP contribution in [0.5, 0.6) is 11.5 Å². The third kappa shape index (κ3) is 4.38. The standard InChI is InChI=1S/C42H32N4O/c1-42(2,3)28-20-21-43-36(25-28)27-10-9-13-30(24-27)47-31-16-17-32-33-18-19-38-39(40(33)45-23-22-44-41(45)35(32)26-31)34-14-7-8-15-37(34)46(38)29-11-5-4-6-12-29/h4-26H,1-3H3. The summed E-state index contributed by atoms with van der Waals surface area (Å²) in [5, 5.41) is 5.79. The summed E-state index contributed by atoms with van der Waals surface area (Å²) >= 11 is 0. The molecule has 9 aromatic rings. The van der Waals surface area contributed by atoms with E-state index in [1.165, 1.54) is 32.8 Å². The van der Waals surface area contributed by atoms with E-state index < -0.39 is 0 Å². The fraction of sp³-hybridized carbons (Fsp3) is 0.0952. The number of nitrogens with zero attached hydrogens (tertiary/aromatic N) is 4. The van der Waals surface area contributed by atoms with Crippen molar-refractivity contribution in [1.29, 1.82) is 0 Å². The van der Waals surface area contributed by atoms with E-state index in [1.807, 2.05) is 24.5 Å². The largest absolute Gasteiger partial charge is 0.457 e. The second-order valence-corrected chi connectivity index (χ2v) is 13.2. The summed E-state index contributed by atoms with van der Waals surface area (Å²) < 4.78 is 11.1. The molecule has 4 aromatic heterocycles. The monoisotopic (exact) mass is 608 g/mol. The third-order valence-electron chi connectivity index (χ3n) is 9.22. The highest BCUT2D eigenvalue weighted by molar-refractivity contribution is 6.25. The van der Waals surface area contributed by atoms with Crippen LogP contribution in [0.2, 0.25) is 0 Å². The minimum Gasteiger partial charge on any atom is -0.457 e. The SMILES string of the molecule is CC(C)(C)c1ccnc(-c2cccc(Oc3ccc4c(c3)c3nccn3c3c4ccc4c3c3ccccc3n4-c3ccccc3)c2)c1. The van der Waals surface area contributed by atoms with Crippen LogP contribution in [0.15, 0.2) is 140 Å². The Labute approximate surface area is 272 Å². The highest BCUT2D eigenvalue weighted by atomic mass is 16.5. The predicted octanol–water partition coefficient (Wildman–Crippen LogP) is 10.9. The number of rotatable bonds is 4. The summed E-state index contributed by atoms with van der Waals surface area (Å²) in [7, 11) is 0. The molecule has 0 amide bonds. The Kier molecular flexibility index (Phi) is 6.00. The molecule has 226 valence electrons. The average Bonchev–Trinajstić information content (AvgIpc) is 3.72. The van der Waals surface area contributed by atoms with Gasteiger partial charge >= 0.3 is 0 Å². The van der Waals surface area contributed by atoms with Crippen molar-refractivity contribution < 1.29 is 4.74 Å². The van der Waals surface area contributed by atoms with Gasteiger partial charge in [-0.1, -0.05) is 75.4 Å². The maximum atomic E-state index is 6.50. The fourth-order valence-electron chi connectivity index (χ4n) is 6.96. The van der Waals surface area contributed by atoms with Crippen molar-refractivity contribution in [2.45, 2.75) is 26.2 Å².